The zero-order valence-corrected chi connectivity index (χ0v) is 11.5. The van der Waals surface area contributed by atoms with Crippen molar-refractivity contribution in [3.63, 3.8) is 0 Å². The van der Waals surface area contributed by atoms with Gasteiger partial charge in [-0.05, 0) is 25.2 Å². The Morgan fingerprint density at radius 1 is 1.16 bits per heavy atom. The summed E-state index contributed by atoms with van der Waals surface area (Å²) in [6.45, 7) is 0.334. The van der Waals surface area contributed by atoms with E-state index >= 15 is 0 Å². The van der Waals surface area contributed by atoms with E-state index in [2.05, 4.69) is 5.32 Å². The Morgan fingerprint density at radius 2 is 1.84 bits per heavy atom. The van der Waals surface area contributed by atoms with E-state index in [0.29, 0.717) is 25.8 Å². The highest BCUT2D eigenvalue weighted by Crippen LogP contribution is 2.32. The number of carbonyl (C=O) groups excluding carboxylic acids is 1. The van der Waals surface area contributed by atoms with Gasteiger partial charge in [-0.25, -0.2) is 8.42 Å². The van der Waals surface area contributed by atoms with Crippen molar-refractivity contribution in [2.75, 3.05) is 18.1 Å². The van der Waals surface area contributed by atoms with Crippen LogP contribution < -0.4 is 5.32 Å². The van der Waals surface area contributed by atoms with Gasteiger partial charge in [0.15, 0.2) is 9.84 Å². The topological polar surface area (TPSA) is 101 Å². The summed E-state index contributed by atoms with van der Waals surface area (Å²) < 4.78 is 22.6. The molecule has 1 saturated carbocycles. The molecule has 1 heterocycles. The van der Waals surface area contributed by atoms with Gasteiger partial charge in [-0.1, -0.05) is 6.42 Å². The lowest BCUT2D eigenvalue weighted by molar-refractivity contribution is -0.146. The van der Waals surface area contributed by atoms with Crippen molar-refractivity contribution >= 4 is 21.7 Å². The number of carbonyl (C=O) groups is 2. The molecule has 6 nitrogen and oxygen atoms in total. The summed E-state index contributed by atoms with van der Waals surface area (Å²) in [5, 5.41) is 11.7. The maximum Gasteiger partial charge on any atom is 0.307 e. The van der Waals surface area contributed by atoms with Gasteiger partial charge in [0.1, 0.15) is 0 Å². The van der Waals surface area contributed by atoms with Crippen LogP contribution >= 0.6 is 0 Å². The molecule has 1 unspecified atom stereocenters. The van der Waals surface area contributed by atoms with Gasteiger partial charge >= 0.3 is 5.97 Å². The second-order valence-corrected chi connectivity index (χ2v) is 7.73. The first-order valence-corrected chi connectivity index (χ1v) is 8.42. The monoisotopic (exact) mass is 289 g/mol. The fourth-order valence-corrected chi connectivity index (χ4v) is 4.84. The Hall–Kier alpha value is -1.11. The fourth-order valence-electron chi connectivity index (χ4n) is 2.98. The standard InChI is InChI=1S/C12H19NO5S/c14-11(9-2-1-3-10(9)12(15)16)13-6-8-4-5-19(17,18)7-8/h8-10H,1-7H2,(H,13,14)(H,15,16)/t8?,9-,10+/m1/s1. The van der Waals surface area contributed by atoms with Crippen molar-refractivity contribution in [1.29, 1.82) is 0 Å². The van der Waals surface area contributed by atoms with E-state index in [4.69, 9.17) is 5.11 Å². The van der Waals surface area contributed by atoms with Crippen molar-refractivity contribution in [2.45, 2.75) is 25.7 Å². The molecule has 0 radical (unpaired) electrons. The molecule has 2 rings (SSSR count). The molecule has 1 saturated heterocycles. The third-order valence-electron chi connectivity index (χ3n) is 4.06. The van der Waals surface area contributed by atoms with E-state index in [1.807, 2.05) is 0 Å². The van der Waals surface area contributed by atoms with Gasteiger partial charge in [0.2, 0.25) is 5.91 Å². The molecule has 0 spiro atoms. The molecular weight excluding hydrogens is 270 g/mol. The Kier molecular flexibility index (Phi) is 4.13. The zero-order chi connectivity index (χ0) is 14.0. The van der Waals surface area contributed by atoms with Crippen LogP contribution in [0, 0.1) is 17.8 Å². The minimum Gasteiger partial charge on any atom is -0.481 e. The summed E-state index contributed by atoms with van der Waals surface area (Å²) in [5.74, 6) is -1.92. The van der Waals surface area contributed by atoms with Gasteiger partial charge in [-0.15, -0.1) is 0 Å². The number of amides is 1. The summed E-state index contributed by atoms with van der Waals surface area (Å²) in [5.41, 5.74) is 0. The van der Waals surface area contributed by atoms with E-state index in [-0.39, 0.29) is 23.3 Å². The molecule has 2 N–H and O–H groups in total. The van der Waals surface area contributed by atoms with Crippen molar-refractivity contribution in [1.82, 2.24) is 5.32 Å². The van der Waals surface area contributed by atoms with Gasteiger partial charge in [0.05, 0.1) is 23.3 Å². The summed E-state index contributed by atoms with van der Waals surface area (Å²) in [4.78, 5) is 23.0. The van der Waals surface area contributed by atoms with Crippen molar-refractivity contribution in [3.8, 4) is 0 Å². The van der Waals surface area contributed by atoms with E-state index in [1.54, 1.807) is 0 Å². The molecule has 0 aromatic heterocycles. The lowest BCUT2D eigenvalue weighted by Gasteiger charge is -2.17. The first-order chi connectivity index (χ1) is 8.89. The highest BCUT2D eigenvalue weighted by Gasteiger charge is 2.38. The molecule has 3 atom stereocenters. The van der Waals surface area contributed by atoms with E-state index < -0.39 is 27.6 Å². The maximum absolute atomic E-state index is 12.0. The SMILES string of the molecule is O=C(O)[C@H]1CCC[C@H]1C(=O)NCC1CCS(=O)(=O)C1. The van der Waals surface area contributed by atoms with Crippen LogP contribution in [-0.4, -0.2) is 43.5 Å². The van der Waals surface area contributed by atoms with Gasteiger partial charge < -0.3 is 10.4 Å². The number of hydrogen-bond acceptors (Lipinski definition) is 4. The second-order valence-electron chi connectivity index (χ2n) is 5.50. The van der Waals surface area contributed by atoms with Crippen molar-refractivity contribution in [3.05, 3.63) is 0 Å². The molecule has 2 fully saturated rings. The molecule has 2 aliphatic rings. The average molecular weight is 289 g/mol. The lowest BCUT2D eigenvalue weighted by atomic mass is 9.95. The van der Waals surface area contributed by atoms with Crippen LogP contribution in [0.3, 0.4) is 0 Å². The first-order valence-electron chi connectivity index (χ1n) is 6.60. The molecular formula is C12H19NO5S. The Morgan fingerprint density at radius 3 is 2.42 bits per heavy atom. The van der Waals surface area contributed by atoms with Crippen LogP contribution in [0.4, 0.5) is 0 Å². The van der Waals surface area contributed by atoms with Crippen LogP contribution in [0.2, 0.25) is 0 Å². The van der Waals surface area contributed by atoms with Crippen LogP contribution in [-0.2, 0) is 19.4 Å². The van der Waals surface area contributed by atoms with Gasteiger partial charge in [0.25, 0.3) is 0 Å². The number of hydrogen-bond donors (Lipinski definition) is 2. The van der Waals surface area contributed by atoms with Crippen molar-refractivity contribution < 1.29 is 23.1 Å². The quantitative estimate of drug-likeness (QED) is 0.761. The number of nitrogens with one attached hydrogen (secondary N) is 1. The van der Waals surface area contributed by atoms with Crippen molar-refractivity contribution in [2.24, 2.45) is 17.8 Å². The summed E-state index contributed by atoms with van der Waals surface area (Å²) >= 11 is 0. The van der Waals surface area contributed by atoms with E-state index in [0.717, 1.165) is 6.42 Å². The number of carboxylic acid groups (broad SMARTS) is 1. The van der Waals surface area contributed by atoms with E-state index in [1.165, 1.54) is 0 Å². The Bertz CT molecular complexity index is 473. The van der Waals surface area contributed by atoms with Crippen LogP contribution in [0.25, 0.3) is 0 Å². The predicted octanol–water partition coefficient (Wildman–Crippen LogP) is 0.0382. The highest BCUT2D eigenvalue weighted by atomic mass is 32.2. The third kappa shape index (κ3) is 3.46. The molecule has 1 aliphatic carbocycles. The molecule has 1 amide bonds. The van der Waals surface area contributed by atoms with Gasteiger partial charge in [-0.2, -0.15) is 0 Å². The van der Waals surface area contributed by atoms with Gasteiger partial charge in [0, 0.05) is 6.54 Å². The molecule has 7 heteroatoms. The average Bonchev–Trinajstić information content (AvgIpc) is 2.92. The molecule has 0 bridgehead atoms. The Labute approximate surface area is 112 Å². The third-order valence-corrected chi connectivity index (χ3v) is 5.90. The maximum atomic E-state index is 12.0. The number of aliphatic carboxylic acids is 1. The predicted molar refractivity (Wildman–Crippen MR) is 68.2 cm³/mol. The summed E-state index contributed by atoms with van der Waals surface area (Å²) in [6.07, 6.45) is 2.49. The summed E-state index contributed by atoms with van der Waals surface area (Å²) in [6, 6.07) is 0. The number of rotatable bonds is 4. The molecule has 1 aliphatic heterocycles. The van der Waals surface area contributed by atoms with Crippen LogP contribution in [0.15, 0.2) is 0 Å². The largest absolute Gasteiger partial charge is 0.481 e. The van der Waals surface area contributed by atoms with E-state index in [9.17, 15) is 18.0 Å². The normalized spacial score (nSPS) is 33.2. The van der Waals surface area contributed by atoms with Crippen LogP contribution in [0.1, 0.15) is 25.7 Å². The van der Waals surface area contributed by atoms with Crippen LogP contribution in [0.5, 0.6) is 0 Å². The number of carboxylic acids is 1. The Balaban J connectivity index is 1.83. The smallest absolute Gasteiger partial charge is 0.307 e. The molecule has 0 aromatic carbocycles. The minimum atomic E-state index is -2.93. The molecule has 0 aromatic rings. The minimum absolute atomic E-state index is 0.0290. The van der Waals surface area contributed by atoms with Gasteiger partial charge in [-0.3, -0.25) is 9.59 Å². The zero-order valence-electron chi connectivity index (χ0n) is 10.7. The summed E-state index contributed by atoms with van der Waals surface area (Å²) in [7, 11) is -2.93. The number of sulfone groups is 1. The lowest BCUT2D eigenvalue weighted by Crippen LogP contribution is -2.38. The first kappa shape index (κ1) is 14.3. The highest BCUT2D eigenvalue weighted by molar-refractivity contribution is 7.91. The molecule has 19 heavy (non-hydrogen) atoms. The second kappa shape index (κ2) is 5.48. The molecule has 108 valence electrons. The fraction of sp³-hybridized carbons (Fsp3) is 0.833.